The smallest absolute Gasteiger partial charge is 0.105 e. The van der Waals surface area contributed by atoms with Crippen molar-refractivity contribution >= 4 is 0 Å². The van der Waals surface area contributed by atoms with Gasteiger partial charge in [-0.2, -0.15) is 0 Å². The van der Waals surface area contributed by atoms with E-state index in [0.29, 0.717) is 0 Å². The molecule has 1 aliphatic rings. The Morgan fingerprint density at radius 2 is 0.913 bits per heavy atom. The van der Waals surface area contributed by atoms with Crippen LogP contribution in [0, 0.1) is 0 Å². The Bertz CT molecular complexity index is 687. The third-order valence-electron chi connectivity index (χ3n) is 9.36. The van der Waals surface area contributed by atoms with Gasteiger partial charge in [0.2, 0.25) is 0 Å². The van der Waals surface area contributed by atoms with E-state index in [0.717, 1.165) is 52.2 Å². The van der Waals surface area contributed by atoms with E-state index >= 15 is 0 Å². The molecule has 46 heavy (non-hydrogen) atoms. The highest BCUT2D eigenvalue weighted by molar-refractivity contribution is 4.94. The van der Waals surface area contributed by atoms with Gasteiger partial charge in [0.05, 0.1) is 6.61 Å². The fourth-order valence-corrected chi connectivity index (χ4v) is 6.33. The van der Waals surface area contributed by atoms with E-state index in [-0.39, 0.29) is 5.60 Å². The van der Waals surface area contributed by atoms with Gasteiger partial charge in [-0.1, -0.05) is 146 Å². The quantitative estimate of drug-likeness (QED) is 0.0515. The topological polar surface area (TPSA) is 21.7 Å². The van der Waals surface area contributed by atoms with Crippen LogP contribution in [0.5, 0.6) is 0 Å². The second kappa shape index (κ2) is 33.7. The van der Waals surface area contributed by atoms with E-state index in [2.05, 4.69) is 74.4 Å². The molecular weight excluding hydrogens is 562 g/mol. The molecular formula is C43H79NO2. The van der Waals surface area contributed by atoms with Gasteiger partial charge in [-0.25, -0.2) is 0 Å². The predicted octanol–water partition coefficient (Wildman–Crippen LogP) is 13.1. The first-order chi connectivity index (χ1) is 22.7. The minimum Gasteiger partial charge on any atom is -0.378 e. The number of hydrogen-bond acceptors (Lipinski definition) is 3. The van der Waals surface area contributed by atoms with Gasteiger partial charge in [0, 0.05) is 26.3 Å². The molecule has 0 aromatic rings. The highest BCUT2D eigenvalue weighted by atomic mass is 16.5. The molecule has 0 N–H and O–H groups in total. The molecule has 3 nitrogen and oxygen atoms in total. The summed E-state index contributed by atoms with van der Waals surface area (Å²) in [5.74, 6) is 0. The summed E-state index contributed by atoms with van der Waals surface area (Å²) in [6.45, 7) is 9.21. The van der Waals surface area contributed by atoms with Crippen LogP contribution in [0.3, 0.4) is 0 Å². The van der Waals surface area contributed by atoms with Crippen molar-refractivity contribution in [3.63, 3.8) is 0 Å². The van der Waals surface area contributed by atoms with Crippen LogP contribution in [0.15, 0.2) is 48.6 Å². The molecule has 1 heterocycles. The monoisotopic (exact) mass is 642 g/mol. The molecule has 0 aromatic carbocycles. The van der Waals surface area contributed by atoms with E-state index in [1.54, 1.807) is 0 Å². The lowest BCUT2D eigenvalue weighted by Gasteiger charge is -2.29. The number of hydrogen-bond donors (Lipinski definition) is 0. The Hall–Kier alpha value is -1.16. The lowest BCUT2D eigenvalue weighted by atomic mass is 10.0. The summed E-state index contributed by atoms with van der Waals surface area (Å²) >= 11 is 0. The third kappa shape index (κ3) is 27.9. The largest absolute Gasteiger partial charge is 0.378 e. The number of rotatable bonds is 34. The van der Waals surface area contributed by atoms with Crippen molar-refractivity contribution in [2.75, 3.05) is 40.0 Å². The molecule has 3 heteroatoms. The van der Waals surface area contributed by atoms with Gasteiger partial charge in [-0.15, -0.1) is 0 Å². The SMILES string of the molecule is CCCCC/C=C\C/C=C\CCCCCCCCCOC1(COCCCCCCCC/C=C\C/C=C\CCCCC)CCN(C)C1. The zero-order valence-corrected chi connectivity index (χ0v) is 31.3. The number of ether oxygens (including phenoxy) is 2. The highest BCUT2D eigenvalue weighted by Crippen LogP contribution is 2.26. The van der Waals surface area contributed by atoms with Crippen molar-refractivity contribution in [3.05, 3.63) is 48.6 Å². The molecule has 0 bridgehead atoms. The molecule has 1 unspecified atom stereocenters. The fraction of sp³-hybridized carbons (Fsp3) is 0.814. The molecule has 268 valence electrons. The molecule has 1 saturated heterocycles. The summed E-state index contributed by atoms with van der Waals surface area (Å²) < 4.78 is 12.7. The normalized spacial score (nSPS) is 17.7. The number of likely N-dealkylation sites (N-methyl/N-ethyl adjacent to an activating group) is 1. The van der Waals surface area contributed by atoms with Gasteiger partial charge in [-0.05, 0) is 90.5 Å². The molecule has 1 aliphatic heterocycles. The van der Waals surface area contributed by atoms with Crippen LogP contribution < -0.4 is 0 Å². The Morgan fingerprint density at radius 1 is 0.500 bits per heavy atom. The van der Waals surface area contributed by atoms with Crippen molar-refractivity contribution in [1.82, 2.24) is 4.90 Å². The van der Waals surface area contributed by atoms with Gasteiger partial charge in [0.15, 0.2) is 0 Å². The van der Waals surface area contributed by atoms with E-state index in [4.69, 9.17) is 9.47 Å². The molecule has 1 rings (SSSR count). The molecule has 0 radical (unpaired) electrons. The van der Waals surface area contributed by atoms with Crippen LogP contribution in [0.2, 0.25) is 0 Å². The summed E-state index contributed by atoms with van der Waals surface area (Å²) in [7, 11) is 2.22. The lowest BCUT2D eigenvalue weighted by molar-refractivity contribution is -0.0911. The molecule has 1 atom stereocenters. The molecule has 0 amide bonds. The highest BCUT2D eigenvalue weighted by Gasteiger charge is 2.37. The molecule has 1 fully saturated rings. The van der Waals surface area contributed by atoms with Crippen LogP contribution >= 0.6 is 0 Å². The summed E-state index contributed by atoms with van der Waals surface area (Å²) in [5.41, 5.74) is -0.0779. The Kier molecular flexibility index (Phi) is 31.4. The Labute approximate surface area is 288 Å². The van der Waals surface area contributed by atoms with Gasteiger partial charge < -0.3 is 14.4 Å². The molecule has 0 spiro atoms. The van der Waals surface area contributed by atoms with E-state index in [9.17, 15) is 0 Å². The summed E-state index contributed by atoms with van der Waals surface area (Å²) in [5, 5.41) is 0. The maximum absolute atomic E-state index is 6.53. The van der Waals surface area contributed by atoms with Crippen LogP contribution in [0.1, 0.15) is 181 Å². The minimum absolute atomic E-state index is 0.0779. The molecule has 0 saturated carbocycles. The first-order valence-corrected chi connectivity index (χ1v) is 20.2. The number of likely N-dealkylation sites (tertiary alicyclic amines) is 1. The maximum atomic E-state index is 6.53. The molecule has 0 aliphatic carbocycles. The maximum Gasteiger partial charge on any atom is 0.105 e. The van der Waals surface area contributed by atoms with Gasteiger partial charge in [0.25, 0.3) is 0 Å². The van der Waals surface area contributed by atoms with Gasteiger partial charge >= 0.3 is 0 Å². The first kappa shape index (κ1) is 42.9. The van der Waals surface area contributed by atoms with Gasteiger partial charge in [0.1, 0.15) is 5.60 Å². The second-order valence-corrected chi connectivity index (χ2v) is 14.1. The summed E-state index contributed by atoms with van der Waals surface area (Å²) in [6, 6.07) is 0. The standard InChI is InChI=1S/C43H79NO2/c1-4-6-8-10-12-14-16-18-20-22-24-26-28-30-32-34-36-40-46-43(37-38-44(3)41-43)42-45-39-35-33-31-29-27-25-23-21-19-17-15-13-11-9-7-5-2/h12-15,18-21H,4-11,16-17,22-42H2,1-3H3/b14-12-,15-13-,20-18-,21-19-. The zero-order valence-electron chi connectivity index (χ0n) is 31.3. The Balaban J connectivity index is 1.94. The average molecular weight is 642 g/mol. The fourth-order valence-electron chi connectivity index (χ4n) is 6.33. The number of allylic oxidation sites excluding steroid dienone is 8. The third-order valence-corrected chi connectivity index (χ3v) is 9.36. The van der Waals surface area contributed by atoms with Crippen LogP contribution in [-0.4, -0.2) is 50.5 Å². The Morgan fingerprint density at radius 3 is 1.35 bits per heavy atom. The summed E-state index contributed by atoms with van der Waals surface area (Å²) in [4.78, 5) is 2.41. The second-order valence-electron chi connectivity index (χ2n) is 14.1. The van der Waals surface area contributed by atoms with E-state index < -0.39 is 0 Å². The van der Waals surface area contributed by atoms with Crippen LogP contribution in [-0.2, 0) is 9.47 Å². The van der Waals surface area contributed by atoms with Crippen LogP contribution in [0.4, 0.5) is 0 Å². The van der Waals surface area contributed by atoms with E-state index in [1.807, 2.05) is 0 Å². The minimum atomic E-state index is -0.0779. The summed E-state index contributed by atoms with van der Waals surface area (Å²) in [6.07, 6.45) is 52.3. The molecule has 0 aromatic heterocycles. The number of unbranched alkanes of at least 4 members (excludes halogenated alkanes) is 19. The average Bonchev–Trinajstić information content (AvgIpc) is 3.43. The van der Waals surface area contributed by atoms with E-state index in [1.165, 1.54) is 148 Å². The van der Waals surface area contributed by atoms with Crippen molar-refractivity contribution in [2.45, 2.75) is 186 Å². The zero-order chi connectivity index (χ0) is 33.1. The van der Waals surface area contributed by atoms with Gasteiger partial charge in [-0.3, -0.25) is 0 Å². The first-order valence-electron chi connectivity index (χ1n) is 20.2. The van der Waals surface area contributed by atoms with Crippen molar-refractivity contribution in [1.29, 1.82) is 0 Å². The van der Waals surface area contributed by atoms with Crippen LogP contribution in [0.25, 0.3) is 0 Å². The lowest BCUT2D eigenvalue weighted by Crippen LogP contribution is -2.41. The van der Waals surface area contributed by atoms with Crippen molar-refractivity contribution in [3.8, 4) is 0 Å². The number of nitrogens with zero attached hydrogens (tertiary/aromatic N) is 1. The van der Waals surface area contributed by atoms with Crippen molar-refractivity contribution in [2.24, 2.45) is 0 Å². The van der Waals surface area contributed by atoms with Crippen molar-refractivity contribution < 1.29 is 9.47 Å². The predicted molar refractivity (Wildman–Crippen MR) is 205 cm³/mol.